The molecule has 0 aliphatic heterocycles. The average Bonchev–Trinajstić information content (AvgIpc) is 2.77. The first kappa shape index (κ1) is 28.8. The predicted octanol–water partition coefficient (Wildman–Crippen LogP) is 5.83. The number of hydrogen-bond acceptors (Lipinski definition) is 7. The molecule has 11 heteroatoms. The Morgan fingerprint density at radius 1 is 1.21 bits per heavy atom. The lowest BCUT2D eigenvalue weighted by Gasteiger charge is -2.07. The van der Waals surface area contributed by atoms with Gasteiger partial charge in [0.25, 0.3) is 0 Å². The van der Waals surface area contributed by atoms with E-state index in [1.165, 1.54) is 12.3 Å². The fourth-order valence-corrected chi connectivity index (χ4v) is 3.44. The van der Waals surface area contributed by atoms with Crippen LogP contribution in [-0.2, 0) is 4.79 Å². The summed E-state index contributed by atoms with van der Waals surface area (Å²) in [5, 5.41) is 3.51. The standard InChI is InChI=1S/C12H11BrClN5OS.C11H6BrN/c13-6-1-2-8(7(14)3-6)17-11(20)5-21-12-18-9(15)4-10(16)19-12;1-3-7-11(12)8-5-6-10-13-9-4-2/h1-4H,5H2,(H,17,20)(H4,15,16,18,19);7,9H,1-2H2. The lowest BCUT2D eigenvalue weighted by molar-refractivity contribution is -0.113. The van der Waals surface area contributed by atoms with Gasteiger partial charge in [-0.2, -0.15) is 4.99 Å². The largest absolute Gasteiger partial charge is 0.383 e. The predicted molar refractivity (Wildman–Crippen MR) is 147 cm³/mol. The maximum absolute atomic E-state index is 11.9. The van der Waals surface area contributed by atoms with Crippen LogP contribution < -0.4 is 16.8 Å². The van der Waals surface area contributed by atoms with Crippen LogP contribution in [0.2, 0.25) is 5.02 Å². The summed E-state index contributed by atoms with van der Waals surface area (Å²) in [6.07, 6.45) is 2.98. The number of rotatable bonds is 6. The van der Waals surface area contributed by atoms with Gasteiger partial charge in [-0.1, -0.05) is 52.5 Å². The Kier molecular flexibility index (Phi) is 13.9. The van der Waals surface area contributed by atoms with E-state index in [4.69, 9.17) is 23.1 Å². The van der Waals surface area contributed by atoms with Gasteiger partial charge in [-0.05, 0) is 45.6 Å². The highest BCUT2D eigenvalue weighted by Gasteiger charge is 2.09. The Balaban J connectivity index is 0.000000385. The molecular formula is C23H17Br2ClN6OS. The molecule has 0 fully saturated rings. The van der Waals surface area contributed by atoms with Gasteiger partial charge in [0.15, 0.2) is 5.16 Å². The SMILES string of the molecule is C=C=CN=C=C=C=C=C(Br)C=C=C.Nc1cc(N)nc(SCC(=O)Nc2ccc(Br)cc2Cl)n1. The highest BCUT2D eigenvalue weighted by atomic mass is 79.9. The van der Waals surface area contributed by atoms with E-state index in [9.17, 15) is 4.79 Å². The second-order valence-corrected chi connectivity index (χ2v) is 8.73. The van der Waals surface area contributed by atoms with E-state index in [1.807, 2.05) is 0 Å². The third kappa shape index (κ3) is 12.7. The van der Waals surface area contributed by atoms with Crippen molar-refractivity contribution in [1.82, 2.24) is 9.97 Å². The Morgan fingerprint density at radius 3 is 2.53 bits per heavy atom. The highest BCUT2D eigenvalue weighted by Crippen LogP contribution is 2.26. The normalized spacial score (nSPS) is 8.56. The van der Waals surface area contributed by atoms with E-state index in [0.717, 1.165) is 16.2 Å². The average molecular weight is 621 g/mol. The number of carbonyl (C=O) groups excluding carboxylic acids is 1. The molecule has 1 aromatic heterocycles. The number of nitrogens with zero attached hydrogens (tertiary/aromatic N) is 3. The fourth-order valence-electron chi connectivity index (χ4n) is 1.79. The van der Waals surface area contributed by atoms with E-state index in [1.54, 1.807) is 24.3 Å². The highest BCUT2D eigenvalue weighted by molar-refractivity contribution is 9.11. The molecule has 1 amide bonds. The van der Waals surface area contributed by atoms with Crippen LogP contribution in [0.5, 0.6) is 0 Å². The van der Waals surface area contributed by atoms with Crippen LogP contribution in [0.4, 0.5) is 17.3 Å². The number of hydrogen-bond donors (Lipinski definition) is 3. The Bertz CT molecular complexity index is 1300. The second kappa shape index (κ2) is 16.4. The molecule has 0 spiro atoms. The number of carbonyl (C=O) groups is 1. The molecule has 2 aromatic rings. The number of nitrogens with two attached hydrogens (primary N) is 2. The van der Waals surface area contributed by atoms with Crippen molar-refractivity contribution >= 4 is 84.3 Å². The number of aromatic nitrogens is 2. The zero-order valence-electron chi connectivity index (χ0n) is 17.5. The molecule has 0 aliphatic rings. The van der Waals surface area contributed by atoms with Crippen LogP contribution >= 0.6 is 55.2 Å². The van der Waals surface area contributed by atoms with Crippen LogP contribution in [-0.4, -0.2) is 27.5 Å². The molecule has 0 unspecified atom stereocenters. The molecular weight excluding hydrogens is 604 g/mol. The van der Waals surface area contributed by atoms with Gasteiger partial charge in [0.1, 0.15) is 11.6 Å². The minimum atomic E-state index is -0.228. The summed E-state index contributed by atoms with van der Waals surface area (Å²) in [6, 6.07) is 6.65. The van der Waals surface area contributed by atoms with Gasteiger partial charge in [-0.3, -0.25) is 4.79 Å². The first-order valence-electron chi connectivity index (χ1n) is 8.96. The molecule has 2 rings (SSSR count). The summed E-state index contributed by atoms with van der Waals surface area (Å²) in [6.45, 7) is 6.72. The minimum absolute atomic E-state index is 0.120. The van der Waals surface area contributed by atoms with E-state index >= 15 is 0 Å². The van der Waals surface area contributed by atoms with Crippen LogP contribution in [0.3, 0.4) is 0 Å². The monoisotopic (exact) mass is 618 g/mol. The number of benzene rings is 1. The molecule has 7 nitrogen and oxygen atoms in total. The van der Waals surface area contributed by atoms with Gasteiger partial charge in [0.2, 0.25) is 5.91 Å². The Hall–Kier alpha value is -3.20. The van der Waals surface area contributed by atoms with Crippen LogP contribution in [0.1, 0.15) is 0 Å². The molecule has 0 atom stereocenters. The summed E-state index contributed by atoms with van der Waals surface area (Å²) < 4.78 is 1.51. The van der Waals surface area contributed by atoms with Crippen molar-refractivity contribution in [1.29, 1.82) is 0 Å². The second-order valence-electron chi connectivity index (χ2n) is 5.61. The lowest BCUT2D eigenvalue weighted by atomic mass is 10.3. The molecule has 1 aromatic carbocycles. The maximum Gasteiger partial charge on any atom is 0.234 e. The van der Waals surface area contributed by atoms with Crippen molar-refractivity contribution in [2.45, 2.75) is 5.16 Å². The van der Waals surface area contributed by atoms with E-state index in [0.29, 0.717) is 20.3 Å². The van der Waals surface area contributed by atoms with Crippen LogP contribution in [0.15, 0.2) is 97.5 Å². The summed E-state index contributed by atoms with van der Waals surface area (Å²) in [5.74, 6) is 2.87. The summed E-state index contributed by atoms with van der Waals surface area (Å²) >= 11 is 13.6. The molecule has 1 heterocycles. The van der Waals surface area contributed by atoms with Gasteiger partial charge in [-0.25, -0.2) is 9.97 Å². The molecule has 34 heavy (non-hydrogen) atoms. The third-order valence-electron chi connectivity index (χ3n) is 3.03. The van der Waals surface area contributed by atoms with Crippen molar-refractivity contribution in [3.63, 3.8) is 0 Å². The molecule has 172 valence electrons. The van der Waals surface area contributed by atoms with Crippen LogP contribution in [0, 0.1) is 0 Å². The van der Waals surface area contributed by atoms with Crippen molar-refractivity contribution in [2.24, 2.45) is 4.99 Å². The smallest absolute Gasteiger partial charge is 0.234 e. The van der Waals surface area contributed by atoms with E-state index in [-0.39, 0.29) is 23.3 Å². The summed E-state index contributed by atoms with van der Waals surface area (Å²) in [7, 11) is 0. The molecule has 0 bridgehead atoms. The van der Waals surface area contributed by atoms with Gasteiger partial charge in [0, 0.05) is 28.2 Å². The molecule has 5 N–H and O–H groups in total. The van der Waals surface area contributed by atoms with E-state index in [2.05, 4.69) is 99.8 Å². The topological polar surface area (TPSA) is 119 Å². The third-order valence-corrected chi connectivity index (χ3v) is 5.11. The zero-order chi connectivity index (χ0) is 25.3. The van der Waals surface area contributed by atoms with Gasteiger partial charge < -0.3 is 16.8 Å². The summed E-state index contributed by atoms with van der Waals surface area (Å²) in [4.78, 5) is 23.4. The van der Waals surface area contributed by atoms with Gasteiger partial charge >= 0.3 is 0 Å². The zero-order valence-corrected chi connectivity index (χ0v) is 22.3. The number of allylic oxidation sites excluding steroid dienone is 2. The maximum atomic E-state index is 11.9. The quantitative estimate of drug-likeness (QED) is 0.123. The summed E-state index contributed by atoms with van der Waals surface area (Å²) in [5.41, 5.74) is 24.5. The number of nitrogen functional groups attached to an aromatic ring is 2. The number of aliphatic imine (C=N–C) groups is 1. The molecule has 0 radical (unpaired) electrons. The number of thioether (sulfide) groups is 1. The number of amides is 1. The number of halogens is 3. The van der Waals surface area contributed by atoms with Crippen molar-refractivity contribution < 1.29 is 4.79 Å². The molecule has 0 aliphatic carbocycles. The Morgan fingerprint density at radius 2 is 1.91 bits per heavy atom. The van der Waals surface area contributed by atoms with Gasteiger partial charge in [-0.15, -0.1) is 11.5 Å². The lowest BCUT2D eigenvalue weighted by Crippen LogP contribution is -2.14. The Labute approximate surface area is 223 Å². The molecule has 0 saturated heterocycles. The van der Waals surface area contributed by atoms with Crippen molar-refractivity contribution in [3.05, 3.63) is 92.3 Å². The van der Waals surface area contributed by atoms with E-state index < -0.39 is 0 Å². The first-order chi connectivity index (χ1) is 16.2. The van der Waals surface area contributed by atoms with Gasteiger partial charge in [0.05, 0.1) is 27.1 Å². The number of nitrogens with one attached hydrogen (secondary N) is 1. The fraction of sp³-hybridized carbons (Fsp3) is 0.0435. The van der Waals surface area contributed by atoms with Crippen LogP contribution in [0.25, 0.3) is 0 Å². The van der Waals surface area contributed by atoms with Crippen molar-refractivity contribution in [3.8, 4) is 0 Å². The first-order valence-corrected chi connectivity index (χ1v) is 11.9. The van der Waals surface area contributed by atoms with Crippen molar-refractivity contribution in [2.75, 3.05) is 22.5 Å². The molecule has 0 saturated carbocycles. The number of anilines is 3. The minimum Gasteiger partial charge on any atom is -0.383 e.